The summed E-state index contributed by atoms with van der Waals surface area (Å²) in [6.45, 7) is 6.71. The summed E-state index contributed by atoms with van der Waals surface area (Å²) in [5, 5.41) is 12.9. The van der Waals surface area contributed by atoms with Crippen molar-refractivity contribution in [1.82, 2.24) is 14.8 Å². The Morgan fingerprint density at radius 3 is 2.66 bits per heavy atom. The molecule has 1 unspecified atom stereocenters. The van der Waals surface area contributed by atoms with Gasteiger partial charge in [0.15, 0.2) is 5.69 Å². The molecule has 1 aromatic heterocycles. The maximum atomic E-state index is 13.7. The number of β-amino-alcohol motifs (C(OH)–C–C–N with tert-alkyl or cyclic N) is 1. The van der Waals surface area contributed by atoms with E-state index in [0.29, 0.717) is 43.4 Å². The molecular weight excluding hydrogens is 451 g/mol. The van der Waals surface area contributed by atoms with Crippen molar-refractivity contribution in [2.45, 2.75) is 26.2 Å². The summed E-state index contributed by atoms with van der Waals surface area (Å²) < 4.78 is 24.8. The summed E-state index contributed by atoms with van der Waals surface area (Å²) in [5.41, 5.74) is 2.12. The van der Waals surface area contributed by atoms with Gasteiger partial charge in [-0.3, -0.25) is 14.6 Å². The second-order valence-corrected chi connectivity index (χ2v) is 8.78. The molecule has 0 saturated carbocycles. The highest BCUT2D eigenvalue weighted by atomic mass is 19.1. The first-order valence-electron chi connectivity index (χ1n) is 11.7. The van der Waals surface area contributed by atoms with Crippen LogP contribution in [0.3, 0.4) is 0 Å². The molecule has 186 valence electrons. The van der Waals surface area contributed by atoms with E-state index in [1.165, 1.54) is 12.3 Å². The lowest BCUT2D eigenvalue weighted by Gasteiger charge is -2.34. The number of ether oxygens (including phenoxy) is 1. The zero-order valence-electron chi connectivity index (χ0n) is 19.8. The second kappa shape index (κ2) is 12.0. The van der Waals surface area contributed by atoms with Crippen LogP contribution in [-0.4, -0.2) is 71.2 Å². The molecule has 0 spiro atoms. The van der Waals surface area contributed by atoms with E-state index in [1.54, 1.807) is 19.1 Å². The van der Waals surface area contributed by atoms with E-state index in [2.05, 4.69) is 20.1 Å². The Kier molecular flexibility index (Phi) is 8.59. The third-order valence-electron chi connectivity index (χ3n) is 5.93. The van der Waals surface area contributed by atoms with Crippen LogP contribution in [-0.2, 0) is 17.9 Å². The largest absolute Gasteiger partial charge is 0.447 e. The van der Waals surface area contributed by atoms with Crippen LogP contribution in [0.2, 0.25) is 0 Å². The van der Waals surface area contributed by atoms with Crippen molar-refractivity contribution in [3.8, 4) is 0 Å². The first-order chi connectivity index (χ1) is 17.0. The number of halogens is 1. The molecule has 9 heteroatoms. The fraction of sp³-hybridized carbons (Fsp3) is 0.385. The van der Waals surface area contributed by atoms with E-state index < -0.39 is 12.0 Å². The number of nitrogens with zero attached hydrogens (tertiary/aromatic N) is 3. The topological polar surface area (TPSA) is 91.1 Å². The summed E-state index contributed by atoms with van der Waals surface area (Å²) in [7, 11) is 0. The smallest absolute Gasteiger partial charge is 0.277 e. The third kappa shape index (κ3) is 7.43. The van der Waals surface area contributed by atoms with Crippen molar-refractivity contribution in [2.24, 2.45) is 0 Å². The van der Waals surface area contributed by atoms with Crippen molar-refractivity contribution in [2.75, 3.05) is 44.6 Å². The number of benzene rings is 2. The van der Waals surface area contributed by atoms with Gasteiger partial charge in [0, 0.05) is 38.4 Å². The zero-order chi connectivity index (χ0) is 24.6. The van der Waals surface area contributed by atoms with Crippen molar-refractivity contribution < 1.29 is 23.4 Å². The van der Waals surface area contributed by atoms with Crippen LogP contribution in [0.25, 0.3) is 0 Å². The average Bonchev–Trinajstić information content (AvgIpc) is 3.32. The minimum absolute atomic E-state index is 0.151. The fourth-order valence-electron chi connectivity index (χ4n) is 3.91. The van der Waals surface area contributed by atoms with Crippen LogP contribution >= 0.6 is 0 Å². The lowest BCUT2D eigenvalue weighted by Crippen LogP contribution is -2.48. The second-order valence-electron chi connectivity index (χ2n) is 8.78. The Morgan fingerprint density at radius 2 is 1.91 bits per heavy atom. The zero-order valence-corrected chi connectivity index (χ0v) is 19.8. The van der Waals surface area contributed by atoms with Crippen LogP contribution in [0, 0.1) is 12.7 Å². The van der Waals surface area contributed by atoms with Gasteiger partial charge in [-0.15, -0.1) is 0 Å². The van der Waals surface area contributed by atoms with Gasteiger partial charge in [-0.1, -0.05) is 36.4 Å². The van der Waals surface area contributed by atoms with Gasteiger partial charge < -0.3 is 19.6 Å². The number of aliphatic hydroxyl groups excluding tert-OH is 1. The molecule has 1 atom stereocenters. The molecule has 1 amide bonds. The quantitative estimate of drug-likeness (QED) is 0.459. The monoisotopic (exact) mass is 482 g/mol. The van der Waals surface area contributed by atoms with Crippen LogP contribution in [0.15, 0.2) is 59.2 Å². The van der Waals surface area contributed by atoms with E-state index in [0.717, 1.165) is 31.7 Å². The number of nitrogens with one attached hydrogen (secondary N) is 1. The maximum Gasteiger partial charge on any atom is 0.277 e. The first-order valence-corrected chi connectivity index (χ1v) is 11.7. The first kappa shape index (κ1) is 25.0. The van der Waals surface area contributed by atoms with Gasteiger partial charge in [-0.2, -0.15) is 0 Å². The molecular formula is C26H31FN4O4. The number of carbonyl (C=O) groups excluding carboxylic acids is 1. The number of carbonyl (C=O) groups is 1. The molecule has 35 heavy (non-hydrogen) atoms. The Balaban J connectivity index is 1.16. The van der Waals surface area contributed by atoms with Crippen LogP contribution in [0.1, 0.15) is 27.5 Å². The molecule has 1 saturated heterocycles. The minimum atomic E-state index is -0.542. The fourth-order valence-corrected chi connectivity index (χ4v) is 3.91. The predicted molar refractivity (Wildman–Crippen MR) is 129 cm³/mol. The highest BCUT2D eigenvalue weighted by molar-refractivity contribution is 6.02. The average molecular weight is 483 g/mol. The highest BCUT2D eigenvalue weighted by Gasteiger charge is 2.21. The molecule has 2 heterocycles. The van der Waals surface area contributed by atoms with Gasteiger partial charge in [-0.25, -0.2) is 9.37 Å². The van der Waals surface area contributed by atoms with Crippen molar-refractivity contribution >= 4 is 11.6 Å². The Labute approximate surface area is 204 Å². The Morgan fingerprint density at radius 1 is 1.17 bits per heavy atom. The number of amides is 1. The number of aryl methyl sites for hydroxylation is 1. The van der Waals surface area contributed by atoms with E-state index >= 15 is 0 Å². The van der Waals surface area contributed by atoms with Gasteiger partial charge in [0.2, 0.25) is 5.89 Å². The number of aliphatic hydroxyl groups is 1. The molecule has 4 rings (SSSR count). The summed E-state index contributed by atoms with van der Waals surface area (Å²) in [4.78, 5) is 21.1. The minimum Gasteiger partial charge on any atom is -0.447 e. The SMILES string of the molecule is Cc1ccc(NC(=O)c2coc(CN3CCN(CC(O)COCc4ccccc4)CC3)n2)cc1F. The molecule has 1 aliphatic rings. The molecule has 0 radical (unpaired) electrons. The van der Waals surface area contributed by atoms with Gasteiger partial charge in [-0.05, 0) is 30.2 Å². The van der Waals surface area contributed by atoms with Crippen LogP contribution < -0.4 is 5.32 Å². The molecule has 8 nitrogen and oxygen atoms in total. The van der Waals surface area contributed by atoms with E-state index in [-0.39, 0.29) is 11.5 Å². The molecule has 1 aliphatic heterocycles. The van der Waals surface area contributed by atoms with E-state index in [1.807, 2.05) is 30.3 Å². The van der Waals surface area contributed by atoms with Crippen LogP contribution in [0.4, 0.5) is 10.1 Å². The number of oxazole rings is 1. The number of rotatable bonds is 10. The molecule has 3 aromatic rings. The number of hydrogen-bond acceptors (Lipinski definition) is 7. The Hall–Kier alpha value is -3.11. The van der Waals surface area contributed by atoms with Gasteiger partial charge in [0.1, 0.15) is 12.1 Å². The maximum absolute atomic E-state index is 13.7. The molecule has 0 bridgehead atoms. The Bertz CT molecular complexity index is 1100. The molecule has 2 N–H and O–H groups in total. The third-order valence-corrected chi connectivity index (χ3v) is 5.93. The standard InChI is InChI=1S/C26H31FN4O4/c1-19-7-8-21(13-23(19)27)28-26(33)24-18-35-25(29-24)15-31-11-9-30(10-12-31)14-22(32)17-34-16-20-5-3-2-4-6-20/h2-8,13,18,22,32H,9-12,14-17H2,1H3,(H,28,33). The lowest BCUT2D eigenvalue weighted by molar-refractivity contribution is 0.000371. The van der Waals surface area contributed by atoms with E-state index in [4.69, 9.17) is 9.15 Å². The van der Waals surface area contributed by atoms with Crippen LogP contribution in [0.5, 0.6) is 0 Å². The molecule has 2 aromatic carbocycles. The normalized spacial score (nSPS) is 15.7. The van der Waals surface area contributed by atoms with Crippen molar-refractivity contribution in [1.29, 1.82) is 0 Å². The number of piperazine rings is 1. The number of hydrogen-bond donors (Lipinski definition) is 2. The van der Waals surface area contributed by atoms with Crippen molar-refractivity contribution in [3.05, 3.63) is 83.3 Å². The van der Waals surface area contributed by atoms with Gasteiger partial charge in [0.05, 0.1) is 25.9 Å². The summed E-state index contributed by atoms with van der Waals surface area (Å²) in [6, 6.07) is 14.4. The lowest BCUT2D eigenvalue weighted by atomic mass is 10.2. The van der Waals surface area contributed by atoms with Gasteiger partial charge in [0.25, 0.3) is 5.91 Å². The predicted octanol–water partition coefficient (Wildman–Crippen LogP) is 3.07. The highest BCUT2D eigenvalue weighted by Crippen LogP contribution is 2.15. The number of anilines is 1. The number of aromatic nitrogens is 1. The van der Waals surface area contributed by atoms with Crippen molar-refractivity contribution in [3.63, 3.8) is 0 Å². The molecule has 0 aliphatic carbocycles. The molecule has 1 fully saturated rings. The summed E-state index contributed by atoms with van der Waals surface area (Å²) in [5.74, 6) is -0.375. The van der Waals surface area contributed by atoms with Gasteiger partial charge >= 0.3 is 0 Å². The summed E-state index contributed by atoms with van der Waals surface area (Å²) in [6.07, 6.45) is 0.775. The summed E-state index contributed by atoms with van der Waals surface area (Å²) >= 11 is 0. The van der Waals surface area contributed by atoms with E-state index in [9.17, 15) is 14.3 Å².